The molecule has 0 aromatic rings. The van der Waals surface area contributed by atoms with Crippen molar-refractivity contribution >= 4 is 0 Å². The van der Waals surface area contributed by atoms with Gasteiger partial charge in [0.25, 0.3) is 0 Å². The molecule has 0 atom stereocenters. The lowest BCUT2D eigenvalue weighted by Crippen LogP contribution is -2.20. The maximum atomic E-state index is 8.57. The van der Waals surface area contributed by atoms with Gasteiger partial charge in [-0.1, -0.05) is 0 Å². The topological polar surface area (TPSA) is 58.7 Å². The maximum Gasteiger partial charge on any atom is 0.0617 e. The molecule has 0 aromatic heterocycles. The van der Waals surface area contributed by atoms with Crippen LogP contribution in [0, 0.1) is 0 Å². The predicted octanol–water partition coefficient (Wildman–Crippen LogP) is -0.717. The van der Waals surface area contributed by atoms with Crippen molar-refractivity contribution in [1.82, 2.24) is 5.06 Å². The van der Waals surface area contributed by atoms with Crippen molar-refractivity contribution in [2.75, 3.05) is 33.4 Å². The molecule has 0 aliphatic carbocycles. The Balaban J connectivity index is 2.75. The Hall–Kier alpha value is -0.160. The fraction of sp³-hybridized carbons (Fsp3) is 1.00. The van der Waals surface area contributed by atoms with Crippen LogP contribution in [0.25, 0.3) is 0 Å². The van der Waals surface area contributed by atoms with E-state index in [4.69, 9.17) is 15.7 Å². The molecule has 0 aliphatic rings. The van der Waals surface area contributed by atoms with Crippen molar-refractivity contribution in [2.45, 2.75) is 0 Å². The summed E-state index contributed by atoms with van der Waals surface area (Å²) in [5.74, 6) is 0. The quantitative estimate of drug-likeness (QED) is 0.385. The van der Waals surface area contributed by atoms with Gasteiger partial charge in [0, 0.05) is 20.1 Å². The highest BCUT2D eigenvalue weighted by Crippen LogP contribution is 1.75. The number of rotatable bonds is 5. The van der Waals surface area contributed by atoms with E-state index in [1.807, 2.05) is 0 Å². The van der Waals surface area contributed by atoms with E-state index in [2.05, 4.69) is 0 Å². The minimum atomic E-state index is 0.528. The van der Waals surface area contributed by atoms with Crippen LogP contribution in [0.15, 0.2) is 0 Å². The molecule has 0 fully saturated rings. The molecular weight excluding hydrogens is 120 g/mol. The van der Waals surface area contributed by atoms with Crippen molar-refractivity contribution in [3.05, 3.63) is 0 Å². The van der Waals surface area contributed by atoms with Crippen molar-refractivity contribution in [3.63, 3.8) is 0 Å². The molecule has 0 bridgehead atoms. The highest BCUT2D eigenvalue weighted by atomic mass is 16.5. The monoisotopic (exact) mass is 134 g/mol. The van der Waals surface area contributed by atoms with Crippen molar-refractivity contribution in [3.8, 4) is 0 Å². The van der Waals surface area contributed by atoms with E-state index in [0.717, 1.165) is 5.06 Å². The number of nitrogens with zero attached hydrogens (tertiary/aromatic N) is 1. The number of nitrogens with two attached hydrogens (primary N) is 1. The van der Waals surface area contributed by atoms with Gasteiger partial charge in [0.15, 0.2) is 0 Å². The molecule has 0 saturated heterocycles. The molecule has 0 aliphatic heterocycles. The van der Waals surface area contributed by atoms with Gasteiger partial charge in [0.05, 0.1) is 13.2 Å². The van der Waals surface area contributed by atoms with Crippen LogP contribution in [0.1, 0.15) is 0 Å². The van der Waals surface area contributed by atoms with Crippen molar-refractivity contribution in [1.29, 1.82) is 0 Å². The Morgan fingerprint density at radius 3 is 2.67 bits per heavy atom. The van der Waals surface area contributed by atoms with Gasteiger partial charge >= 0.3 is 0 Å². The average molecular weight is 134 g/mol. The lowest BCUT2D eigenvalue weighted by Gasteiger charge is -2.06. The van der Waals surface area contributed by atoms with Gasteiger partial charge in [-0.2, -0.15) is 5.06 Å². The second-order valence-corrected chi connectivity index (χ2v) is 1.78. The van der Waals surface area contributed by atoms with Crippen molar-refractivity contribution < 1.29 is 9.94 Å². The molecule has 0 rings (SSSR count). The molecule has 56 valence electrons. The first-order valence-corrected chi connectivity index (χ1v) is 2.95. The first-order valence-electron chi connectivity index (χ1n) is 2.95. The van der Waals surface area contributed by atoms with Gasteiger partial charge < -0.3 is 15.7 Å². The summed E-state index contributed by atoms with van der Waals surface area (Å²) < 4.78 is 4.97. The standard InChI is InChI=1S/C5H14N2O2/c1-7(8)3-5-9-4-2-6/h8H,2-6H2,1H3. The van der Waals surface area contributed by atoms with E-state index < -0.39 is 0 Å². The second kappa shape index (κ2) is 5.97. The van der Waals surface area contributed by atoms with E-state index in [0.29, 0.717) is 26.3 Å². The summed E-state index contributed by atoms with van der Waals surface area (Å²) in [6.07, 6.45) is 0. The van der Waals surface area contributed by atoms with Gasteiger partial charge in [0.1, 0.15) is 0 Å². The third-order valence-corrected chi connectivity index (χ3v) is 0.821. The molecular formula is C5H14N2O2. The normalized spacial score (nSPS) is 10.7. The van der Waals surface area contributed by atoms with E-state index >= 15 is 0 Å². The Labute approximate surface area is 55.2 Å². The third kappa shape index (κ3) is 7.84. The number of likely N-dealkylation sites (N-methyl/N-ethyl adjacent to an activating group) is 1. The fourth-order valence-electron chi connectivity index (χ4n) is 0.382. The van der Waals surface area contributed by atoms with E-state index in [1.54, 1.807) is 7.05 Å². The zero-order valence-electron chi connectivity index (χ0n) is 5.71. The zero-order valence-corrected chi connectivity index (χ0v) is 5.71. The van der Waals surface area contributed by atoms with Crippen LogP contribution in [0.2, 0.25) is 0 Å². The summed E-state index contributed by atoms with van der Waals surface area (Å²) in [6, 6.07) is 0. The van der Waals surface area contributed by atoms with Gasteiger partial charge in [-0.25, -0.2) is 0 Å². The first-order chi connectivity index (χ1) is 4.27. The molecule has 0 saturated carbocycles. The van der Waals surface area contributed by atoms with Gasteiger partial charge in [-0.15, -0.1) is 0 Å². The third-order valence-electron chi connectivity index (χ3n) is 0.821. The highest BCUT2D eigenvalue weighted by molar-refractivity contribution is 4.35. The van der Waals surface area contributed by atoms with Crippen LogP contribution < -0.4 is 5.73 Å². The van der Waals surface area contributed by atoms with Crippen LogP contribution in [0.4, 0.5) is 0 Å². The lowest BCUT2D eigenvalue weighted by atomic mass is 10.6. The van der Waals surface area contributed by atoms with Crippen LogP contribution in [0.5, 0.6) is 0 Å². The summed E-state index contributed by atoms with van der Waals surface area (Å²) in [6.45, 7) is 2.16. The van der Waals surface area contributed by atoms with Gasteiger partial charge in [-0.05, 0) is 0 Å². The molecule has 0 amide bonds. The lowest BCUT2D eigenvalue weighted by molar-refractivity contribution is -0.0798. The average Bonchev–Trinajstić information content (AvgIpc) is 1.80. The summed E-state index contributed by atoms with van der Waals surface area (Å²) >= 11 is 0. The van der Waals surface area contributed by atoms with Crippen LogP contribution in [-0.4, -0.2) is 43.6 Å². The molecule has 0 heterocycles. The SMILES string of the molecule is CN(O)CCOCCN. The Morgan fingerprint density at radius 2 is 2.22 bits per heavy atom. The highest BCUT2D eigenvalue weighted by Gasteiger charge is 1.89. The summed E-state index contributed by atoms with van der Waals surface area (Å²) in [5.41, 5.74) is 5.14. The summed E-state index contributed by atoms with van der Waals surface area (Å²) in [4.78, 5) is 0. The fourth-order valence-corrected chi connectivity index (χ4v) is 0.382. The molecule has 9 heavy (non-hydrogen) atoms. The van der Waals surface area contributed by atoms with Crippen LogP contribution >= 0.6 is 0 Å². The summed E-state index contributed by atoms with van der Waals surface area (Å²) in [5, 5.41) is 9.65. The minimum Gasteiger partial charge on any atom is -0.379 e. The molecule has 0 unspecified atom stereocenters. The minimum absolute atomic E-state index is 0.528. The smallest absolute Gasteiger partial charge is 0.0617 e. The van der Waals surface area contributed by atoms with Crippen LogP contribution in [-0.2, 0) is 4.74 Å². The zero-order chi connectivity index (χ0) is 7.11. The molecule has 4 nitrogen and oxygen atoms in total. The van der Waals surface area contributed by atoms with E-state index in [9.17, 15) is 0 Å². The maximum absolute atomic E-state index is 8.57. The Kier molecular flexibility index (Phi) is 5.86. The van der Waals surface area contributed by atoms with Gasteiger partial charge in [-0.3, -0.25) is 0 Å². The van der Waals surface area contributed by atoms with Gasteiger partial charge in [0.2, 0.25) is 0 Å². The van der Waals surface area contributed by atoms with Crippen LogP contribution in [0.3, 0.4) is 0 Å². The Bertz CT molecular complexity index is 58.9. The molecule has 3 N–H and O–H groups in total. The molecule has 0 spiro atoms. The van der Waals surface area contributed by atoms with E-state index in [1.165, 1.54) is 0 Å². The van der Waals surface area contributed by atoms with E-state index in [-0.39, 0.29) is 0 Å². The molecule has 0 radical (unpaired) electrons. The van der Waals surface area contributed by atoms with Crippen molar-refractivity contribution in [2.24, 2.45) is 5.73 Å². The molecule has 0 aromatic carbocycles. The Morgan fingerprint density at radius 1 is 1.56 bits per heavy atom. The predicted molar refractivity (Wildman–Crippen MR) is 34.3 cm³/mol. The molecule has 4 heteroatoms. The number of hydroxylamine groups is 2. The summed E-state index contributed by atoms with van der Waals surface area (Å²) in [7, 11) is 1.58. The number of ether oxygens (including phenoxy) is 1. The second-order valence-electron chi connectivity index (χ2n) is 1.78. The largest absolute Gasteiger partial charge is 0.379 e. The number of hydrogen-bond donors (Lipinski definition) is 2. The first kappa shape index (κ1) is 8.84. The number of hydrogen-bond acceptors (Lipinski definition) is 4.